The van der Waals surface area contributed by atoms with Crippen LogP contribution >= 0.6 is 11.3 Å². The highest BCUT2D eigenvalue weighted by atomic mass is 32.1. The molecule has 5 heteroatoms. The molecule has 1 amide bonds. The SMILES string of the molecule is CCNCC(C)C(=O)NC(C)c1nccs1. The van der Waals surface area contributed by atoms with Gasteiger partial charge in [-0.2, -0.15) is 0 Å². The van der Waals surface area contributed by atoms with Crippen molar-refractivity contribution in [1.29, 1.82) is 0 Å². The Morgan fingerprint density at radius 1 is 1.56 bits per heavy atom. The van der Waals surface area contributed by atoms with Gasteiger partial charge in [-0.1, -0.05) is 13.8 Å². The van der Waals surface area contributed by atoms with Crippen molar-refractivity contribution in [2.45, 2.75) is 26.8 Å². The number of aromatic nitrogens is 1. The fourth-order valence-electron chi connectivity index (χ4n) is 1.32. The summed E-state index contributed by atoms with van der Waals surface area (Å²) in [4.78, 5) is 16.0. The molecule has 0 saturated carbocycles. The molecule has 0 aliphatic rings. The Morgan fingerprint density at radius 3 is 2.88 bits per heavy atom. The zero-order valence-electron chi connectivity index (χ0n) is 9.99. The second-order valence-electron chi connectivity index (χ2n) is 3.81. The third-order valence-electron chi connectivity index (χ3n) is 2.33. The fourth-order valence-corrected chi connectivity index (χ4v) is 1.97. The molecule has 2 N–H and O–H groups in total. The summed E-state index contributed by atoms with van der Waals surface area (Å²) < 4.78 is 0. The number of amides is 1. The van der Waals surface area contributed by atoms with Crippen LogP contribution in [0.2, 0.25) is 0 Å². The van der Waals surface area contributed by atoms with Crippen LogP contribution in [0.1, 0.15) is 31.8 Å². The lowest BCUT2D eigenvalue weighted by Gasteiger charge is -2.16. The quantitative estimate of drug-likeness (QED) is 0.795. The fraction of sp³-hybridized carbons (Fsp3) is 0.636. The third-order valence-corrected chi connectivity index (χ3v) is 3.29. The summed E-state index contributed by atoms with van der Waals surface area (Å²) in [7, 11) is 0. The standard InChI is InChI=1S/C11H19N3OS/c1-4-12-7-8(2)10(15)14-9(3)11-13-5-6-16-11/h5-6,8-9,12H,4,7H2,1-3H3,(H,14,15). The summed E-state index contributed by atoms with van der Waals surface area (Å²) in [5, 5.41) is 8.99. The number of hydrogen-bond donors (Lipinski definition) is 2. The first-order valence-electron chi connectivity index (χ1n) is 5.55. The van der Waals surface area contributed by atoms with Gasteiger partial charge in [0, 0.05) is 24.0 Å². The van der Waals surface area contributed by atoms with Crippen LogP contribution in [0.3, 0.4) is 0 Å². The maximum absolute atomic E-state index is 11.8. The van der Waals surface area contributed by atoms with E-state index in [1.807, 2.05) is 26.2 Å². The Balaban J connectivity index is 2.39. The maximum Gasteiger partial charge on any atom is 0.224 e. The number of rotatable bonds is 6. The van der Waals surface area contributed by atoms with E-state index in [2.05, 4.69) is 15.6 Å². The van der Waals surface area contributed by atoms with E-state index in [1.54, 1.807) is 17.5 Å². The smallest absolute Gasteiger partial charge is 0.224 e. The molecule has 2 unspecified atom stereocenters. The van der Waals surface area contributed by atoms with Gasteiger partial charge in [0.15, 0.2) is 0 Å². The first kappa shape index (κ1) is 13.1. The van der Waals surface area contributed by atoms with Crippen LogP contribution in [0.15, 0.2) is 11.6 Å². The van der Waals surface area contributed by atoms with Gasteiger partial charge in [-0.3, -0.25) is 4.79 Å². The molecule has 90 valence electrons. The Hall–Kier alpha value is -0.940. The Kier molecular flexibility index (Phi) is 5.42. The summed E-state index contributed by atoms with van der Waals surface area (Å²) in [6.45, 7) is 7.51. The molecule has 0 saturated heterocycles. The van der Waals surface area contributed by atoms with Gasteiger partial charge < -0.3 is 10.6 Å². The predicted molar refractivity (Wildman–Crippen MR) is 66.4 cm³/mol. The molecule has 0 bridgehead atoms. The Morgan fingerprint density at radius 2 is 2.31 bits per heavy atom. The Bertz CT molecular complexity index is 313. The van der Waals surface area contributed by atoms with Crippen LogP contribution in [-0.4, -0.2) is 24.0 Å². The minimum absolute atomic E-state index is 0.00317. The van der Waals surface area contributed by atoms with E-state index in [-0.39, 0.29) is 17.9 Å². The second-order valence-corrected chi connectivity index (χ2v) is 4.74. The molecule has 0 radical (unpaired) electrons. The number of hydrogen-bond acceptors (Lipinski definition) is 4. The lowest BCUT2D eigenvalue weighted by Crippen LogP contribution is -2.36. The molecular weight excluding hydrogens is 222 g/mol. The van der Waals surface area contributed by atoms with Crippen LogP contribution in [0.5, 0.6) is 0 Å². The average molecular weight is 241 g/mol. The number of carbonyl (C=O) groups excluding carboxylic acids is 1. The van der Waals surface area contributed by atoms with Crippen LogP contribution in [-0.2, 0) is 4.79 Å². The number of nitrogens with zero attached hydrogens (tertiary/aromatic N) is 1. The lowest BCUT2D eigenvalue weighted by atomic mass is 10.1. The van der Waals surface area contributed by atoms with Crippen LogP contribution in [0.4, 0.5) is 0 Å². The number of carbonyl (C=O) groups is 1. The molecule has 0 fully saturated rings. The molecule has 0 aromatic carbocycles. The van der Waals surface area contributed by atoms with Crippen molar-refractivity contribution in [2.24, 2.45) is 5.92 Å². The highest BCUT2D eigenvalue weighted by molar-refractivity contribution is 7.09. The topological polar surface area (TPSA) is 54.0 Å². The van der Waals surface area contributed by atoms with E-state index < -0.39 is 0 Å². The molecule has 2 atom stereocenters. The van der Waals surface area contributed by atoms with Crippen molar-refractivity contribution >= 4 is 17.2 Å². The maximum atomic E-state index is 11.8. The summed E-state index contributed by atoms with van der Waals surface area (Å²) in [6.07, 6.45) is 1.75. The molecular formula is C11H19N3OS. The van der Waals surface area contributed by atoms with E-state index in [0.717, 1.165) is 11.6 Å². The highest BCUT2D eigenvalue weighted by Gasteiger charge is 2.16. The normalized spacial score (nSPS) is 14.4. The van der Waals surface area contributed by atoms with Gasteiger partial charge in [0.2, 0.25) is 5.91 Å². The van der Waals surface area contributed by atoms with Crippen LogP contribution < -0.4 is 10.6 Å². The molecule has 0 aliphatic carbocycles. The van der Waals surface area contributed by atoms with E-state index in [4.69, 9.17) is 0 Å². The molecule has 1 aromatic heterocycles. The summed E-state index contributed by atoms with van der Waals surface area (Å²) in [6, 6.07) is -0.00317. The first-order chi connectivity index (χ1) is 7.65. The largest absolute Gasteiger partial charge is 0.347 e. The highest BCUT2D eigenvalue weighted by Crippen LogP contribution is 2.14. The minimum atomic E-state index is -0.0117. The predicted octanol–water partition coefficient (Wildman–Crippen LogP) is 1.57. The summed E-state index contributed by atoms with van der Waals surface area (Å²) >= 11 is 1.56. The van der Waals surface area contributed by atoms with Gasteiger partial charge >= 0.3 is 0 Å². The van der Waals surface area contributed by atoms with Crippen LogP contribution in [0.25, 0.3) is 0 Å². The van der Waals surface area contributed by atoms with Crippen molar-refractivity contribution in [3.05, 3.63) is 16.6 Å². The molecule has 1 aromatic rings. The monoisotopic (exact) mass is 241 g/mol. The number of thiazole rings is 1. The third kappa shape index (κ3) is 3.90. The van der Waals surface area contributed by atoms with Crippen molar-refractivity contribution in [2.75, 3.05) is 13.1 Å². The van der Waals surface area contributed by atoms with Crippen molar-refractivity contribution in [3.63, 3.8) is 0 Å². The second kappa shape index (κ2) is 6.60. The van der Waals surface area contributed by atoms with Crippen LogP contribution in [0, 0.1) is 5.92 Å². The Labute approximate surface area is 100 Å². The molecule has 1 rings (SSSR count). The lowest BCUT2D eigenvalue weighted by molar-refractivity contribution is -0.125. The molecule has 16 heavy (non-hydrogen) atoms. The van der Waals surface area contributed by atoms with E-state index >= 15 is 0 Å². The van der Waals surface area contributed by atoms with Crippen molar-refractivity contribution < 1.29 is 4.79 Å². The van der Waals surface area contributed by atoms with Gasteiger partial charge in [0.1, 0.15) is 5.01 Å². The van der Waals surface area contributed by atoms with E-state index in [9.17, 15) is 4.79 Å². The zero-order valence-corrected chi connectivity index (χ0v) is 10.8. The van der Waals surface area contributed by atoms with Gasteiger partial charge in [-0.15, -0.1) is 11.3 Å². The average Bonchev–Trinajstić information content (AvgIpc) is 2.79. The zero-order chi connectivity index (χ0) is 12.0. The number of nitrogens with one attached hydrogen (secondary N) is 2. The molecule has 0 spiro atoms. The van der Waals surface area contributed by atoms with E-state index in [0.29, 0.717) is 6.54 Å². The molecule has 1 heterocycles. The molecule has 4 nitrogen and oxygen atoms in total. The summed E-state index contributed by atoms with van der Waals surface area (Å²) in [5.74, 6) is 0.0611. The van der Waals surface area contributed by atoms with Gasteiger partial charge in [0.25, 0.3) is 0 Å². The minimum Gasteiger partial charge on any atom is -0.347 e. The summed E-state index contributed by atoms with van der Waals surface area (Å²) in [5.41, 5.74) is 0. The van der Waals surface area contributed by atoms with Gasteiger partial charge in [0.05, 0.1) is 6.04 Å². The van der Waals surface area contributed by atoms with Gasteiger partial charge in [-0.05, 0) is 13.5 Å². The van der Waals surface area contributed by atoms with Gasteiger partial charge in [-0.25, -0.2) is 4.98 Å². The van der Waals surface area contributed by atoms with E-state index in [1.165, 1.54) is 0 Å². The van der Waals surface area contributed by atoms with Crippen molar-refractivity contribution in [3.8, 4) is 0 Å². The first-order valence-corrected chi connectivity index (χ1v) is 6.43. The van der Waals surface area contributed by atoms with Crippen molar-refractivity contribution in [1.82, 2.24) is 15.6 Å². The molecule has 0 aliphatic heterocycles.